The van der Waals surface area contributed by atoms with Gasteiger partial charge in [0, 0.05) is 26.0 Å². The molecule has 7 nitrogen and oxygen atoms in total. The van der Waals surface area contributed by atoms with Crippen molar-refractivity contribution in [3.8, 4) is 5.75 Å². The maximum Gasteiger partial charge on any atom is 0.278 e. The number of carbonyl (C=O) groups excluding carboxylic acids is 2. The topological polar surface area (TPSA) is 83.0 Å². The average Bonchev–Trinajstić information content (AvgIpc) is 2.98. The highest BCUT2D eigenvalue weighted by Crippen LogP contribution is 2.32. The molecule has 1 aliphatic rings. The second kappa shape index (κ2) is 9.54. The van der Waals surface area contributed by atoms with Gasteiger partial charge in [0.15, 0.2) is 0 Å². The van der Waals surface area contributed by atoms with Crippen molar-refractivity contribution in [2.75, 3.05) is 26.8 Å². The second-order valence-electron chi connectivity index (χ2n) is 7.65. The molecule has 2 aromatic rings. The van der Waals surface area contributed by atoms with E-state index in [0.717, 1.165) is 5.56 Å². The fraction of sp³-hybridized carbons (Fsp3) is 0.348. The molecule has 158 valence electrons. The van der Waals surface area contributed by atoms with Crippen LogP contribution in [0.15, 0.2) is 54.5 Å². The van der Waals surface area contributed by atoms with Crippen LogP contribution in [0.4, 0.5) is 0 Å². The standard InChI is InChI=1S/C23H27N3O4/c1-16(2)15-30-19-6-4-18(5-7-19)20-21(25(3)12-13-27)23(29)26(22(20)28)14-17-8-10-24-11-9-17/h4-11,16,27H,12-15H2,1-3H3. The fourth-order valence-corrected chi connectivity index (χ4v) is 3.23. The molecular weight excluding hydrogens is 382 g/mol. The summed E-state index contributed by atoms with van der Waals surface area (Å²) in [6.45, 7) is 5.03. The Bertz CT molecular complexity index is 923. The number of benzene rings is 1. The van der Waals surface area contributed by atoms with Crippen LogP contribution in [0.25, 0.3) is 5.57 Å². The monoisotopic (exact) mass is 409 g/mol. The van der Waals surface area contributed by atoms with Gasteiger partial charge in [-0.25, -0.2) is 0 Å². The number of aromatic nitrogens is 1. The lowest BCUT2D eigenvalue weighted by molar-refractivity contribution is -0.138. The lowest BCUT2D eigenvalue weighted by Crippen LogP contribution is -2.34. The Morgan fingerprint density at radius 2 is 1.73 bits per heavy atom. The van der Waals surface area contributed by atoms with E-state index in [1.165, 1.54) is 4.90 Å². The minimum Gasteiger partial charge on any atom is -0.493 e. The van der Waals surface area contributed by atoms with Gasteiger partial charge in [-0.15, -0.1) is 0 Å². The van der Waals surface area contributed by atoms with Crippen LogP contribution in [0.3, 0.4) is 0 Å². The molecule has 0 unspecified atom stereocenters. The summed E-state index contributed by atoms with van der Waals surface area (Å²) in [5.41, 5.74) is 2.08. The lowest BCUT2D eigenvalue weighted by Gasteiger charge is -2.20. The van der Waals surface area contributed by atoms with Gasteiger partial charge in [-0.3, -0.25) is 19.5 Å². The average molecular weight is 409 g/mol. The van der Waals surface area contributed by atoms with E-state index >= 15 is 0 Å². The molecule has 0 atom stereocenters. The summed E-state index contributed by atoms with van der Waals surface area (Å²) in [6.07, 6.45) is 3.26. The highest BCUT2D eigenvalue weighted by molar-refractivity contribution is 6.35. The molecule has 1 N–H and O–H groups in total. The maximum absolute atomic E-state index is 13.3. The number of aliphatic hydroxyl groups is 1. The zero-order valence-corrected chi connectivity index (χ0v) is 17.5. The predicted molar refractivity (Wildman–Crippen MR) is 113 cm³/mol. The molecule has 7 heteroatoms. The van der Waals surface area contributed by atoms with Crippen LogP contribution >= 0.6 is 0 Å². The van der Waals surface area contributed by atoms with Crippen molar-refractivity contribution in [2.24, 2.45) is 5.92 Å². The van der Waals surface area contributed by atoms with Crippen molar-refractivity contribution in [1.29, 1.82) is 0 Å². The fourth-order valence-electron chi connectivity index (χ4n) is 3.23. The minimum atomic E-state index is -0.372. The normalized spacial score (nSPS) is 14.1. The number of hydrogen-bond acceptors (Lipinski definition) is 6. The van der Waals surface area contributed by atoms with E-state index < -0.39 is 0 Å². The molecule has 0 radical (unpaired) electrons. The van der Waals surface area contributed by atoms with E-state index in [-0.39, 0.29) is 31.5 Å². The van der Waals surface area contributed by atoms with Crippen LogP contribution in [-0.4, -0.2) is 58.5 Å². The first-order chi connectivity index (χ1) is 14.4. The molecule has 30 heavy (non-hydrogen) atoms. The van der Waals surface area contributed by atoms with Gasteiger partial charge >= 0.3 is 0 Å². The first-order valence-electron chi connectivity index (χ1n) is 9.97. The molecule has 0 fully saturated rings. The number of imide groups is 1. The van der Waals surface area contributed by atoms with Crippen LogP contribution < -0.4 is 4.74 Å². The Hall–Kier alpha value is -3.19. The van der Waals surface area contributed by atoms with E-state index in [9.17, 15) is 14.7 Å². The number of nitrogens with zero attached hydrogens (tertiary/aromatic N) is 3. The third-order valence-corrected chi connectivity index (χ3v) is 4.78. The van der Waals surface area contributed by atoms with Crippen molar-refractivity contribution in [3.05, 3.63) is 65.6 Å². The number of pyridine rings is 1. The van der Waals surface area contributed by atoms with Gasteiger partial charge in [0.05, 0.1) is 25.3 Å². The van der Waals surface area contributed by atoms with Gasteiger partial charge < -0.3 is 14.7 Å². The third kappa shape index (κ3) is 4.68. The molecule has 3 rings (SSSR count). The highest BCUT2D eigenvalue weighted by Gasteiger charge is 2.40. The third-order valence-electron chi connectivity index (χ3n) is 4.78. The summed E-state index contributed by atoms with van der Waals surface area (Å²) >= 11 is 0. The van der Waals surface area contributed by atoms with Crippen LogP contribution in [0.5, 0.6) is 5.75 Å². The van der Waals surface area contributed by atoms with Gasteiger partial charge in [0.25, 0.3) is 11.8 Å². The largest absolute Gasteiger partial charge is 0.493 e. The number of carbonyl (C=O) groups is 2. The van der Waals surface area contributed by atoms with E-state index in [4.69, 9.17) is 4.74 Å². The first-order valence-corrected chi connectivity index (χ1v) is 9.97. The van der Waals surface area contributed by atoms with Crippen LogP contribution in [0.2, 0.25) is 0 Å². The van der Waals surface area contributed by atoms with Crippen LogP contribution in [-0.2, 0) is 16.1 Å². The van der Waals surface area contributed by atoms with Crippen molar-refractivity contribution < 1.29 is 19.4 Å². The van der Waals surface area contributed by atoms with Gasteiger partial charge in [0.2, 0.25) is 0 Å². The van der Waals surface area contributed by atoms with Crippen molar-refractivity contribution in [2.45, 2.75) is 20.4 Å². The molecule has 0 spiro atoms. The van der Waals surface area contributed by atoms with E-state index in [1.807, 2.05) is 0 Å². The number of likely N-dealkylation sites (N-methyl/N-ethyl adjacent to an activating group) is 1. The number of rotatable bonds is 9. The van der Waals surface area contributed by atoms with Gasteiger partial charge in [-0.1, -0.05) is 26.0 Å². The van der Waals surface area contributed by atoms with Crippen molar-refractivity contribution >= 4 is 17.4 Å². The molecule has 0 saturated carbocycles. The molecular formula is C23H27N3O4. The smallest absolute Gasteiger partial charge is 0.278 e. The van der Waals surface area contributed by atoms with Crippen molar-refractivity contribution in [3.63, 3.8) is 0 Å². The number of amides is 2. The Morgan fingerprint density at radius 1 is 1.07 bits per heavy atom. The molecule has 2 heterocycles. The molecule has 2 amide bonds. The molecule has 0 aliphatic carbocycles. The SMILES string of the molecule is CC(C)COc1ccc(C2=C(N(C)CCO)C(=O)N(Cc3ccncc3)C2=O)cc1. The molecule has 0 bridgehead atoms. The first kappa shape index (κ1) is 21.5. The Kier molecular flexibility index (Phi) is 6.84. The number of aliphatic hydroxyl groups excluding tert-OH is 1. The number of ether oxygens (including phenoxy) is 1. The Labute approximate surface area is 176 Å². The molecule has 1 aliphatic heterocycles. The van der Waals surface area contributed by atoms with Gasteiger partial charge in [-0.05, 0) is 41.3 Å². The second-order valence-corrected chi connectivity index (χ2v) is 7.65. The summed E-state index contributed by atoms with van der Waals surface area (Å²) in [5.74, 6) is 0.390. The van der Waals surface area contributed by atoms with Gasteiger partial charge in [0.1, 0.15) is 11.4 Å². The predicted octanol–water partition coefficient (Wildman–Crippen LogP) is 2.32. The molecule has 1 aromatic heterocycles. The van der Waals surface area contributed by atoms with E-state index in [1.54, 1.807) is 60.7 Å². The lowest BCUT2D eigenvalue weighted by atomic mass is 10.0. The highest BCUT2D eigenvalue weighted by atomic mass is 16.5. The van der Waals surface area contributed by atoms with E-state index in [2.05, 4.69) is 18.8 Å². The van der Waals surface area contributed by atoms with Crippen molar-refractivity contribution in [1.82, 2.24) is 14.8 Å². The summed E-state index contributed by atoms with van der Waals surface area (Å²) in [7, 11) is 1.70. The minimum absolute atomic E-state index is 0.124. The Morgan fingerprint density at radius 3 is 2.33 bits per heavy atom. The summed E-state index contributed by atoms with van der Waals surface area (Å²) in [5, 5.41) is 9.35. The summed E-state index contributed by atoms with van der Waals surface area (Å²) in [4.78, 5) is 33.2. The van der Waals surface area contributed by atoms with Crippen LogP contribution in [0.1, 0.15) is 25.0 Å². The summed E-state index contributed by atoms with van der Waals surface area (Å²) < 4.78 is 5.72. The van der Waals surface area contributed by atoms with Crippen LogP contribution in [0, 0.1) is 5.92 Å². The van der Waals surface area contributed by atoms with E-state index in [0.29, 0.717) is 35.1 Å². The summed E-state index contributed by atoms with van der Waals surface area (Å²) in [6, 6.07) is 10.7. The number of hydrogen-bond donors (Lipinski definition) is 1. The molecule has 0 saturated heterocycles. The van der Waals surface area contributed by atoms with Gasteiger partial charge in [-0.2, -0.15) is 0 Å². The zero-order valence-electron chi connectivity index (χ0n) is 17.5. The maximum atomic E-state index is 13.3. The Balaban J connectivity index is 1.93. The zero-order chi connectivity index (χ0) is 21.7. The quantitative estimate of drug-likeness (QED) is 0.640. The molecule has 1 aromatic carbocycles.